The molecule has 0 aliphatic rings. The van der Waals surface area contributed by atoms with Gasteiger partial charge in [0.2, 0.25) is 0 Å². The largest absolute Gasteiger partial charge is 0.490 e. The zero-order valence-electron chi connectivity index (χ0n) is 19.4. The Morgan fingerprint density at radius 1 is 0.636 bits per heavy atom. The van der Waals surface area contributed by atoms with Gasteiger partial charge >= 0.3 is 11.9 Å². The number of carbonyl (C=O) groups is 2. The number of aryl methyl sites for hydroxylation is 2. The van der Waals surface area contributed by atoms with Crippen LogP contribution in [0.4, 0.5) is 0 Å². The van der Waals surface area contributed by atoms with Crippen molar-refractivity contribution in [2.45, 2.75) is 33.1 Å². The Balaban J connectivity index is 1.63. The molecule has 0 radical (unpaired) electrons. The van der Waals surface area contributed by atoms with E-state index >= 15 is 0 Å². The fourth-order valence-corrected chi connectivity index (χ4v) is 2.84. The number of benzene rings is 2. The molecule has 0 heterocycles. The molecule has 0 aromatic heterocycles. The van der Waals surface area contributed by atoms with E-state index in [-0.39, 0.29) is 13.2 Å². The first-order valence-corrected chi connectivity index (χ1v) is 10.9. The topological polar surface area (TPSA) is 71.1 Å². The normalized spacial score (nSPS) is 10.2. The van der Waals surface area contributed by atoms with Gasteiger partial charge < -0.3 is 18.9 Å². The molecule has 6 heteroatoms. The summed E-state index contributed by atoms with van der Waals surface area (Å²) in [4.78, 5) is 22.6. The quantitative estimate of drug-likeness (QED) is 0.232. The highest BCUT2D eigenvalue weighted by molar-refractivity contribution is 5.87. The number of hydrogen-bond acceptors (Lipinski definition) is 6. The van der Waals surface area contributed by atoms with E-state index in [0.29, 0.717) is 24.4 Å². The molecule has 0 unspecified atom stereocenters. The molecule has 2 aromatic rings. The summed E-state index contributed by atoms with van der Waals surface area (Å²) in [5.74, 6) is 0.681. The third kappa shape index (κ3) is 10.1. The van der Waals surface area contributed by atoms with Crippen molar-refractivity contribution in [3.63, 3.8) is 0 Å². The minimum Gasteiger partial charge on any atom is -0.490 e. The molecule has 0 aliphatic heterocycles. The molecule has 0 N–H and O–H groups in total. The summed E-state index contributed by atoms with van der Waals surface area (Å²) in [6.07, 6.45) is 2.94. The van der Waals surface area contributed by atoms with Gasteiger partial charge in [-0.3, -0.25) is 0 Å². The van der Waals surface area contributed by atoms with E-state index in [1.54, 1.807) is 13.8 Å². The van der Waals surface area contributed by atoms with Gasteiger partial charge in [0.25, 0.3) is 0 Å². The second kappa shape index (κ2) is 13.8. The van der Waals surface area contributed by atoms with Crippen LogP contribution in [0.5, 0.6) is 11.5 Å². The molecule has 33 heavy (non-hydrogen) atoms. The van der Waals surface area contributed by atoms with Gasteiger partial charge in [0, 0.05) is 11.1 Å². The number of carbonyl (C=O) groups excluding carboxylic acids is 2. The van der Waals surface area contributed by atoms with Crippen molar-refractivity contribution in [2.24, 2.45) is 0 Å². The highest BCUT2D eigenvalue weighted by Gasteiger charge is 2.04. The number of hydrogen-bond donors (Lipinski definition) is 0. The predicted octanol–water partition coefficient (Wildman–Crippen LogP) is 4.86. The van der Waals surface area contributed by atoms with Crippen molar-refractivity contribution in [1.82, 2.24) is 0 Å². The Labute approximate surface area is 195 Å². The Bertz CT molecular complexity index is 851. The standard InChI is InChI=1S/C27H32O6/c1-20(2)26(28)32-18-16-30-24-12-8-22(9-13-24)6-5-7-23-10-14-25(15-11-23)31-17-19-33-27(29)21(3)4/h8-15H,1,3,5-7,16-19H2,2,4H3. The van der Waals surface area contributed by atoms with Gasteiger partial charge in [-0.05, 0) is 68.5 Å². The molecule has 2 aromatic carbocycles. The summed E-state index contributed by atoms with van der Waals surface area (Å²) in [5, 5.41) is 0. The maximum atomic E-state index is 11.3. The van der Waals surface area contributed by atoms with E-state index in [1.165, 1.54) is 11.1 Å². The minimum absolute atomic E-state index is 0.194. The first kappa shape index (κ1) is 25.7. The highest BCUT2D eigenvalue weighted by Crippen LogP contribution is 2.16. The zero-order chi connectivity index (χ0) is 24.1. The van der Waals surface area contributed by atoms with Crippen LogP contribution >= 0.6 is 0 Å². The lowest BCUT2D eigenvalue weighted by atomic mass is 10.0. The van der Waals surface area contributed by atoms with Gasteiger partial charge in [-0.1, -0.05) is 37.4 Å². The summed E-state index contributed by atoms with van der Waals surface area (Å²) >= 11 is 0. The average Bonchev–Trinajstić information content (AvgIpc) is 2.81. The Morgan fingerprint density at radius 3 is 1.33 bits per heavy atom. The van der Waals surface area contributed by atoms with E-state index in [2.05, 4.69) is 13.2 Å². The van der Waals surface area contributed by atoms with E-state index in [4.69, 9.17) is 18.9 Å². The van der Waals surface area contributed by atoms with Crippen LogP contribution in [0.3, 0.4) is 0 Å². The third-order valence-corrected chi connectivity index (χ3v) is 4.64. The van der Waals surface area contributed by atoms with Crippen molar-refractivity contribution < 1.29 is 28.5 Å². The highest BCUT2D eigenvalue weighted by atomic mass is 16.6. The molecule has 0 amide bonds. The first-order valence-electron chi connectivity index (χ1n) is 10.9. The summed E-state index contributed by atoms with van der Waals surface area (Å²) in [7, 11) is 0. The maximum Gasteiger partial charge on any atom is 0.333 e. The van der Waals surface area contributed by atoms with Gasteiger partial charge in [0.05, 0.1) is 0 Å². The van der Waals surface area contributed by atoms with Gasteiger partial charge in [-0.15, -0.1) is 0 Å². The van der Waals surface area contributed by atoms with Crippen molar-refractivity contribution in [2.75, 3.05) is 26.4 Å². The molecule has 0 saturated heterocycles. The van der Waals surface area contributed by atoms with Gasteiger partial charge in [0.15, 0.2) is 0 Å². The molecule has 0 bridgehead atoms. The van der Waals surface area contributed by atoms with Gasteiger partial charge in [0.1, 0.15) is 37.9 Å². The van der Waals surface area contributed by atoms with Crippen molar-refractivity contribution in [1.29, 1.82) is 0 Å². The Hall–Kier alpha value is -3.54. The molecular formula is C27H32O6. The molecular weight excluding hydrogens is 420 g/mol. The lowest BCUT2D eigenvalue weighted by Crippen LogP contribution is -2.12. The van der Waals surface area contributed by atoms with Crippen LogP contribution < -0.4 is 9.47 Å². The predicted molar refractivity (Wildman–Crippen MR) is 127 cm³/mol. The van der Waals surface area contributed by atoms with Crippen molar-refractivity contribution in [3.05, 3.63) is 84.0 Å². The van der Waals surface area contributed by atoms with Crippen LogP contribution in [0, 0.1) is 0 Å². The lowest BCUT2D eigenvalue weighted by molar-refractivity contribution is -0.140. The summed E-state index contributed by atoms with van der Waals surface area (Å²) < 4.78 is 21.2. The van der Waals surface area contributed by atoms with Gasteiger partial charge in [-0.2, -0.15) is 0 Å². The third-order valence-electron chi connectivity index (χ3n) is 4.64. The monoisotopic (exact) mass is 452 g/mol. The maximum absolute atomic E-state index is 11.3. The molecule has 6 nitrogen and oxygen atoms in total. The van der Waals surface area contributed by atoms with E-state index in [1.807, 2.05) is 48.5 Å². The van der Waals surface area contributed by atoms with Crippen LogP contribution in [0.2, 0.25) is 0 Å². The first-order chi connectivity index (χ1) is 15.8. The van der Waals surface area contributed by atoms with Crippen LogP contribution in [0.25, 0.3) is 0 Å². The second-order valence-electron chi connectivity index (χ2n) is 7.67. The van der Waals surface area contributed by atoms with Crippen molar-refractivity contribution >= 4 is 11.9 Å². The molecule has 0 saturated carbocycles. The Kier molecular flexibility index (Phi) is 10.7. The summed E-state index contributed by atoms with van der Waals surface area (Å²) in [6, 6.07) is 15.9. The minimum atomic E-state index is -0.405. The summed E-state index contributed by atoms with van der Waals surface area (Å²) in [6.45, 7) is 11.3. The molecule has 176 valence electrons. The molecule has 2 rings (SSSR count). The molecule has 0 aliphatic carbocycles. The number of rotatable bonds is 14. The van der Waals surface area contributed by atoms with Crippen LogP contribution in [-0.2, 0) is 31.9 Å². The van der Waals surface area contributed by atoms with E-state index in [9.17, 15) is 9.59 Å². The van der Waals surface area contributed by atoms with Crippen LogP contribution in [-0.4, -0.2) is 38.4 Å². The van der Waals surface area contributed by atoms with E-state index < -0.39 is 11.9 Å². The fourth-order valence-electron chi connectivity index (χ4n) is 2.84. The Morgan fingerprint density at radius 2 is 1.00 bits per heavy atom. The van der Waals surface area contributed by atoms with Gasteiger partial charge in [-0.25, -0.2) is 9.59 Å². The summed E-state index contributed by atoms with van der Waals surface area (Å²) in [5.41, 5.74) is 3.23. The average molecular weight is 453 g/mol. The van der Waals surface area contributed by atoms with Crippen molar-refractivity contribution in [3.8, 4) is 11.5 Å². The molecule has 0 fully saturated rings. The zero-order valence-corrected chi connectivity index (χ0v) is 19.4. The molecule has 0 atom stereocenters. The van der Waals surface area contributed by atoms with E-state index in [0.717, 1.165) is 30.8 Å². The smallest absolute Gasteiger partial charge is 0.333 e. The molecule has 0 spiro atoms. The fraction of sp³-hybridized carbons (Fsp3) is 0.333. The van der Waals surface area contributed by atoms with Crippen LogP contribution in [0.1, 0.15) is 31.4 Å². The lowest BCUT2D eigenvalue weighted by Gasteiger charge is -2.09. The SMILES string of the molecule is C=C(C)C(=O)OCCOc1ccc(CCCc2ccc(OCCOC(=O)C(=C)C)cc2)cc1. The number of esters is 2. The second-order valence-corrected chi connectivity index (χ2v) is 7.67. The number of ether oxygens (including phenoxy) is 4. The van der Waals surface area contributed by atoms with Crippen LogP contribution in [0.15, 0.2) is 72.8 Å².